The lowest BCUT2D eigenvalue weighted by Gasteiger charge is -2.21. The minimum Gasteiger partial charge on any atom is -0.327 e. The van der Waals surface area contributed by atoms with Gasteiger partial charge >= 0.3 is 0 Å². The highest BCUT2D eigenvalue weighted by atomic mass is 19.2. The van der Waals surface area contributed by atoms with E-state index in [1.54, 1.807) is 0 Å². The second-order valence-corrected chi connectivity index (χ2v) is 5.59. The predicted molar refractivity (Wildman–Crippen MR) is 72.9 cm³/mol. The molecule has 9 heteroatoms. The SMILES string of the molecule is N#C[C@@H]1CCCN1C(=O)C[C@H](N)Cc1c(F)c(F)c(F)c(F)c1F. The molecule has 2 rings (SSSR count). The number of carbonyl (C=O) groups is 1. The molecule has 2 N–H and O–H groups in total. The van der Waals surface area contributed by atoms with Crippen molar-refractivity contribution >= 4 is 5.91 Å². The Morgan fingerprint density at radius 3 is 2.25 bits per heavy atom. The van der Waals surface area contributed by atoms with Gasteiger partial charge in [0.2, 0.25) is 11.7 Å². The largest absolute Gasteiger partial charge is 0.327 e. The van der Waals surface area contributed by atoms with Crippen molar-refractivity contribution in [3.63, 3.8) is 0 Å². The zero-order chi connectivity index (χ0) is 18.0. The van der Waals surface area contributed by atoms with Crippen molar-refractivity contribution in [3.05, 3.63) is 34.6 Å². The van der Waals surface area contributed by atoms with Crippen LogP contribution in [0.3, 0.4) is 0 Å². The van der Waals surface area contributed by atoms with E-state index in [9.17, 15) is 26.7 Å². The molecule has 1 heterocycles. The summed E-state index contributed by atoms with van der Waals surface area (Å²) >= 11 is 0. The molecular formula is C15H14F5N3O. The van der Waals surface area contributed by atoms with Gasteiger partial charge in [-0.05, 0) is 19.3 Å². The van der Waals surface area contributed by atoms with Gasteiger partial charge in [-0.15, -0.1) is 0 Å². The Morgan fingerprint density at radius 1 is 1.17 bits per heavy atom. The van der Waals surface area contributed by atoms with Gasteiger partial charge in [0.15, 0.2) is 23.3 Å². The van der Waals surface area contributed by atoms with Crippen LogP contribution in [-0.2, 0) is 11.2 Å². The lowest BCUT2D eigenvalue weighted by atomic mass is 10.0. The monoisotopic (exact) mass is 347 g/mol. The molecule has 0 bridgehead atoms. The first-order valence-corrected chi connectivity index (χ1v) is 7.22. The molecule has 0 aliphatic carbocycles. The standard InChI is InChI=1S/C15H14F5N3O/c16-11-9(12(17)14(19)15(20)13(11)18)4-7(22)5-10(24)23-3-1-2-8(23)6-21/h7-8H,1-5,22H2/t7-,8+/m1/s1. The molecule has 0 unspecified atom stereocenters. The molecule has 1 fully saturated rings. The van der Waals surface area contributed by atoms with Crippen LogP contribution >= 0.6 is 0 Å². The van der Waals surface area contributed by atoms with E-state index < -0.39 is 59.1 Å². The minimum atomic E-state index is -2.24. The predicted octanol–water partition coefficient (Wildman–Crippen LogP) is 2.16. The highest BCUT2D eigenvalue weighted by Crippen LogP contribution is 2.25. The maximum Gasteiger partial charge on any atom is 0.225 e. The molecular weight excluding hydrogens is 333 g/mol. The van der Waals surface area contributed by atoms with Crippen LogP contribution in [0.15, 0.2) is 0 Å². The topological polar surface area (TPSA) is 70.1 Å². The van der Waals surface area contributed by atoms with Crippen molar-refractivity contribution in [2.24, 2.45) is 5.73 Å². The number of hydrogen-bond acceptors (Lipinski definition) is 3. The Balaban J connectivity index is 2.12. The number of likely N-dealkylation sites (tertiary alicyclic amines) is 1. The quantitative estimate of drug-likeness (QED) is 0.515. The number of carbonyl (C=O) groups excluding carboxylic acids is 1. The molecule has 1 aliphatic heterocycles. The highest BCUT2D eigenvalue weighted by Gasteiger charge is 2.31. The van der Waals surface area contributed by atoms with Crippen molar-refractivity contribution in [3.8, 4) is 6.07 Å². The number of nitrogens with two attached hydrogens (primary N) is 1. The van der Waals surface area contributed by atoms with Gasteiger partial charge < -0.3 is 10.6 Å². The average molecular weight is 347 g/mol. The normalized spacial score (nSPS) is 18.5. The van der Waals surface area contributed by atoms with Gasteiger partial charge in [-0.1, -0.05) is 0 Å². The molecule has 24 heavy (non-hydrogen) atoms. The summed E-state index contributed by atoms with van der Waals surface area (Å²) < 4.78 is 66.5. The molecule has 1 amide bonds. The van der Waals surface area contributed by atoms with E-state index in [1.807, 2.05) is 6.07 Å². The number of benzene rings is 1. The van der Waals surface area contributed by atoms with Crippen LogP contribution in [0.2, 0.25) is 0 Å². The summed E-state index contributed by atoms with van der Waals surface area (Å²) in [5.41, 5.74) is 4.58. The van der Waals surface area contributed by atoms with E-state index in [0.717, 1.165) is 0 Å². The number of halogens is 5. The lowest BCUT2D eigenvalue weighted by Crippen LogP contribution is -2.39. The molecule has 1 saturated heterocycles. The van der Waals surface area contributed by atoms with Crippen molar-refractivity contribution in [2.45, 2.75) is 37.8 Å². The molecule has 0 radical (unpaired) electrons. The van der Waals surface area contributed by atoms with Crippen LogP contribution in [0.5, 0.6) is 0 Å². The molecule has 0 spiro atoms. The van der Waals surface area contributed by atoms with Crippen molar-refractivity contribution in [2.75, 3.05) is 6.54 Å². The summed E-state index contributed by atoms with van der Waals surface area (Å²) in [6.45, 7) is 0.367. The second kappa shape index (κ2) is 7.13. The van der Waals surface area contributed by atoms with E-state index in [0.29, 0.717) is 19.4 Å². The van der Waals surface area contributed by atoms with Crippen molar-refractivity contribution in [1.82, 2.24) is 4.90 Å². The smallest absolute Gasteiger partial charge is 0.225 e. The molecule has 2 atom stereocenters. The van der Waals surface area contributed by atoms with Crippen LogP contribution in [-0.4, -0.2) is 29.4 Å². The van der Waals surface area contributed by atoms with Crippen LogP contribution < -0.4 is 5.73 Å². The van der Waals surface area contributed by atoms with Gasteiger partial charge in [0.1, 0.15) is 6.04 Å². The number of hydrogen-bond donors (Lipinski definition) is 1. The Labute approximate surface area is 134 Å². The van der Waals surface area contributed by atoms with E-state index >= 15 is 0 Å². The van der Waals surface area contributed by atoms with Crippen LogP contribution in [0.25, 0.3) is 0 Å². The zero-order valence-corrected chi connectivity index (χ0v) is 12.5. The minimum absolute atomic E-state index is 0.363. The van der Waals surface area contributed by atoms with Gasteiger partial charge in [-0.25, -0.2) is 22.0 Å². The second-order valence-electron chi connectivity index (χ2n) is 5.59. The number of nitriles is 1. The summed E-state index contributed by atoms with van der Waals surface area (Å²) in [4.78, 5) is 13.4. The maximum atomic E-state index is 13.6. The summed E-state index contributed by atoms with van der Waals surface area (Å²) in [6.07, 6.45) is 0.117. The molecule has 1 aromatic carbocycles. The fraction of sp³-hybridized carbons (Fsp3) is 0.467. The van der Waals surface area contributed by atoms with Gasteiger partial charge in [0, 0.05) is 24.6 Å². The third kappa shape index (κ3) is 3.33. The first-order chi connectivity index (χ1) is 11.3. The van der Waals surface area contributed by atoms with Crippen LogP contribution in [0.4, 0.5) is 22.0 Å². The Bertz CT molecular complexity index is 674. The Hall–Kier alpha value is -2.21. The zero-order valence-electron chi connectivity index (χ0n) is 12.5. The molecule has 1 aliphatic rings. The van der Waals surface area contributed by atoms with Crippen molar-refractivity contribution < 1.29 is 26.7 Å². The van der Waals surface area contributed by atoms with Gasteiger partial charge in [-0.3, -0.25) is 4.79 Å². The summed E-state index contributed by atoms with van der Waals surface area (Å²) in [6, 6.07) is 0.229. The third-order valence-electron chi connectivity index (χ3n) is 3.93. The number of nitrogens with zero attached hydrogens (tertiary/aromatic N) is 2. The molecule has 130 valence electrons. The first kappa shape index (κ1) is 18.1. The molecule has 0 saturated carbocycles. The molecule has 4 nitrogen and oxygen atoms in total. The Morgan fingerprint density at radius 2 is 1.71 bits per heavy atom. The summed E-state index contributed by atoms with van der Waals surface area (Å²) in [7, 11) is 0. The molecule has 1 aromatic rings. The van der Waals surface area contributed by atoms with E-state index in [4.69, 9.17) is 11.0 Å². The average Bonchev–Trinajstić information content (AvgIpc) is 3.04. The lowest BCUT2D eigenvalue weighted by molar-refractivity contribution is -0.131. The van der Waals surface area contributed by atoms with E-state index in [-0.39, 0.29) is 6.42 Å². The van der Waals surface area contributed by atoms with Crippen LogP contribution in [0, 0.1) is 40.4 Å². The third-order valence-corrected chi connectivity index (χ3v) is 3.93. The maximum absolute atomic E-state index is 13.6. The Kier molecular flexibility index (Phi) is 5.39. The molecule has 0 aromatic heterocycles. The van der Waals surface area contributed by atoms with Gasteiger partial charge in [0.05, 0.1) is 6.07 Å². The fourth-order valence-corrected chi connectivity index (χ4v) is 2.70. The van der Waals surface area contributed by atoms with Gasteiger partial charge in [-0.2, -0.15) is 5.26 Å². The first-order valence-electron chi connectivity index (χ1n) is 7.22. The summed E-state index contributed by atoms with van der Waals surface area (Å²) in [5.74, 6) is -10.7. The van der Waals surface area contributed by atoms with E-state index in [1.165, 1.54) is 4.90 Å². The van der Waals surface area contributed by atoms with Crippen molar-refractivity contribution in [1.29, 1.82) is 5.26 Å². The van der Waals surface area contributed by atoms with Gasteiger partial charge in [0.25, 0.3) is 0 Å². The highest BCUT2D eigenvalue weighted by molar-refractivity contribution is 5.77. The van der Waals surface area contributed by atoms with Crippen LogP contribution in [0.1, 0.15) is 24.8 Å². The number of rotatable bonds is 4. The summed E-state index contributed by atoms with van der Waals surface area (Å²) in [5, 5.41) is 8.92. The van der Waals surface area contributed by atoms with E-state index in [2.05, 4.69) is 0 Å². The fourth-order valence-electron chi connectivity index (χ4n) is 2.70. The number of amides is 1.